The zero-order chi connectivity index (χ0) is 32.9. The Kier molecular flexibility index (Phi) is 9.49. The quantitative estimate of drug-likeness (QED) is 0.206. The van der Waals surface area contributed by atoms with Crippen LogP contribution in [0.2, 0.25) is 0 Å². The minimum atomic E-state index is -0.222. The van der Waals surface area contributed by atoms with E-state index in [1.807, 2.05) is 42.6 Å². The van der Waals surface area contributed by atoms with E-state index in [0.29, 0.717) is 41.8 Å². The van der Waals surface area contributed by atoms with Gasteiger partial charge in [0.2, 0.25) is 0 Å². The highest BCUT2D eigenvalue weighted by Gasteiger charge is 2.34. The van der Waals surface area contributed by atoms with Crippen LogP contribution in [-0.4, -0.2) is 74.1 Å². The highest BCUT2D eigenvalue weighted by atomic mass is 16.5. The van der Waals surface area contributed by atoms with Crippen LogP contribution in [0.25, 0.3) is 0 Å². The number of hydrogen-bond acceptors (Lipinski definition) is 8. The van der Waals surface area contributed by atoms with Gasteiger partial charge in [-0.25, -0.2) is 14.8 Å². The van der Waals surface area contributed by atoms with E-state index in [2.05, 4.69) is 47.7 Å². The normalized spacial score (nSPS) is 15.0. The lowest BCUT2D eigenvalue weighted by atomic mass is 10.1. The number of methoxy groups -OCH3 is 2. The number of carbonyl (C=O) groups excluding carboxylic acids is 2. The predicted molar refractivity (Wildman–Crippen MR) is 184 cm³/mol. The van der Waals surface area contributed by atoms with Crippen molar-refractivity contribution >= 4 is 29.0 Å². The van der Waals surface area contributed by atoms with Crippen molar-refractivity contribution in [2.75, 3.05) is 62.1 Å². The number of amides is 2. The van der Waals surface area contributed by atoms with Gasteiger partial charge in [-0.2, -0.15) is 0 Å². The number of allylic oxidation sites excluding steroid dienone is 1. The minimum absolute atomic E-state index is 0.0413. The van der Waals surface area contributed by atoms with Crippen LogP contribution in [0.3, 0.4) is 0 Å². The number of aromatic nitrogens is 2. The molecule has 47 heavy (non-hydrogen) atoms. The number of hydrogen-bond donors (Lipinski definition) is 0. The summed E-state index contributed by atoms with van der Waals surface area (Å²) in [6.45, 7) is 8.29. The Morgan fingerprint density at radius 1 is 0.872 bits per heavy atom. The molecule has 0 spiro atoms. The van der Waals surface area contributed by atoms with Crippen molar-refractivity contribution < 1.29 is 19.1 Å². The van der Waals surface area contributed by atoms with E-state index in [-0.39, 0.29) is 24.8 Å². The molecule has 1 fully saturated rings. The number of ketones is 1. The minimum Gasteiger partial charge on any atom is -0.497 e. The number of anilines is 3. The van der Waals surface area contributed by atoms with Gasteiger partial charge in [-0.1, -0.05) is 43.0 Å². The van der Waals surface area contributed by atoms with Crippen LogP contribution >= 0.6 is 0 Å². The van der Waals surface area contributed by atoms with Crippen LogP contribution in [0.4, 0.5) is 22.0 Å². The van der Waals surface area contributed by atoms with Crippen LogP contribution in [0, 0.1) is 0 Å². The number of ether oxygens (including phenoxy) is 2. The lowest BCUT2D eigenvalue weighted by Gasteiger charge is -2.36. The first kappa shape index (κ1) is 31.7. The molecular formula is C37H40N6O4. The molecule has 0 radical (unpaired) electrons. The smallest absolute Gasteiger partial charge is 0.330 e. The summed E-state index contributed by atoms with van der Waals surface area (Å²) in [4.78, 5) is 44.0. The van der Waals surface area contributed by atoms with Crippen LogP contribution in [0.1, 0.15) is 28.1 Å². The van der Waals surface area contributed by atoms with Crippen molar-refractivity contribution in [3.8, 4) is 11.5 Å². The third-order valence-corrected chi connectivity index (χ3v) is 8.72. The summed E-state index contributed by atoms with van der Waals surface area (Å²) in [5.41, 5.74) is 5.59. The Morgan fingerprint density at radius 2 is 1.51 bits per heavy atom. The number of fused-ring (bicyclic) bond motifs is 1. The summed E-state index contributed by atoms with van der Waals surface area (Å²) in [5, 5.41) is 0. The fraction of sp³-hybridized carbons (Fsp3) is 0.297. The second-order valence-corrected chi connectivity index (χ2v) is 12.0. The molecule has 0 N–H and O–H groups in total. The van der Waals surface area contributed by atoms with Gasteiger partial charge >= 0.3 is 6.03 Å². The van der Waals surface area contributed by atoms with E-state index in [1.165, 1.54) is 11.8 Å². The maximum Gasteiger partial charge on any atom is 0.330 e. The van der Waals surface area contributed by atoms with Gasteiger partial charge in [-0.05, 0) is 41.9 Å². The number of nitrogens with zero attached hydrogens (tertiary/aromatic N) is 6. The van der Waals surface area contributed by atoms with Crippen molar-refractivity contribution in [2.24, 2.45) is 0 Å². The molecule has 3 aromatic carbocycles. The van der Waals surface area contributed by atoms with Gasteiger partial charge < -0.3 is 19.3 Å². The van der Waals surface area contributed by atoms with Crippen molar-refractivity contribution in [2.45, 2.75) is 25.9 Å². The Hall–Kier alpha value is -5.22. The van der Waals surface area contributed by atoms with Crippen molar-refractivity contribution in [3.05, 3.63) is 114 Å². The standard InChI is InChI=1S/C37H40N6O4/c1-5-32(44)18-26-6-8-28(9-7-26)24-43-36-29(25-42(37(43)45)31-20-33(46-3)22-34(21-31)47-4)23-38-35(39-36)19-27-10-12-30(13-11-27)41-16-14-40(2)15-17-41/h5-13,20-23H,1,14-19,24-25H2,2-4H3. The third-order valence-electron chi connectivity index (χ3n) is 8.72. The highest BCUT2D eigenvalue weighted by molar-refractivity contribution is 6.05. The second kappa shape index (κ2) is 14.0. The number of piperazine rings is 1. The molecule has 0 atom stereocenters. The zero-order valence-corrected chi connectivity index (χ0v) is 27.2. The molecule has 242 valence electrons. The molecule has 1 aromatic heterocycles. The van der Waals surface area contributed by atoms with Gasteiger partial charge in [0.15, 0.2) is 5.78 Å². The van der Waals surface area contributed by atoms with Gasteiger partial charge in [-0.3, -0.25) is 14.6 Å². The fourth-order valence-electron chi connectivity index (χ4n) is 5.92. The molecule has 10 heteroatoms. The lowest BCUT2D eigenvalue weighted by molar-refractivity contribution is -0.114. The Bertz CT molecular complexity index is 1730. The predicted octanol–water partition coefficient (Wildman–Crippen LogP) is 5.28. The largest absolute Gasteiger partial charge is 0.497 e. The molecule has 1 saturated heterocycles. The molecule has 2 aliphatic heterocycles. The molecule has 10 nitrogen and oxygen atoms in total. The van der Waals surface area contributed by atoms with Crippen LogP contribution < -0.4 is 24.2 Å². The van der Waals surface area contributed by atoms with E-state index >= 15 is 0 Å². The van der Waals surface area contributed by atoms with E-state index in [9.17, 15) is 9.59 Å². The molecule has 6 rings (SSSR count). The van der Waals surface area contributed by atoms with Gasteiger partial charge in [-0.15, -0.1) is 0 Å². The maximum atomic E-state index is 14.3. The first-order valence-corrected chi connectivity index (χ1v) is 15.8. The molecule has 0 bridgehead atoms. The average molecular weight is 633 g/mol. The van der Waals surface area contributed by atoms with Crippen molar-refractivity contribution in [1.82, 2.24) is 14.9 Å². The first-order valence-electron chi connectivity index (χ1n) is 15.8. The van der Waals surface area contributed by atoms with Crippen LogP contribution in [0.15, 0.2) is 85.6 Å². The summed E-state index contributed by atoms with van der Waals surface area (Å²) < 4.78 is 11.0. The Balaban J connectivity index is 1.29. The number of urea groups is 1. The zero-order valence-electron chi connectivity index (χ0n) is 27.2. The molecule has 2 aliphatic rings. The van der Waals surface area contributed by atoms with Crippen molar-refractivity contribution in [3.63, 3.8) is 0 Å². The van der Waals surface area contributed by atoms with Gasteiger partial charge in [0, 0.05) is 74.7 Å². The number of likely N-dealkylation sites (N-methyl/N-ethyl adjacent to an activating group) is 1. The molecule has 4 aromatic rings. The Labute approximate surface area is 275 Å². The maximum absolute atomic E-state index is 14.3. The fourth-order valence-corrected chi connectivity index (χ4v) is 5.92. The number of benzene rings is 3. The number of rotatable bonds is 11. The van der Waals surface area contributed by atoms with Crippen LogP contribution in [-0.2, 0) is 30.7 Å². The Morgan fingerprint density at radius 3 is 2.15 bits per heavy atom. The molecular weight excluding hydrogens is 592 g/mol. The van der Waals surface area contributed by atoms with E-state index in [1.54, 1.807) is 30.1 Å². The first-order chi connectivity index (χ1) is 22.8. The molecule has 0 aliphatic carbocycles. The summed E-state index contributed by atoms with van der Waals surface area (Å²) in [6.07, 6.45) is 3.98. The summed E-state index contributed by atoms with van der Waals surface area (Å²) in [6, 6.07) is 21.5. The van der Waals surface area contributed by atoms with E-state index < -0.39 is 0 Å². The molecule has 2 amide bonds. The van der Waals surface area contributed by atoms with Gasteiger partial charge in [0.05, 0.1) is 33.0 Å². The van der Waals surface area contributed by atoms with Gasteiger partial charge in [0.25, 0.3) is 0 Å². The molecule has 0 unspecified atom stereocenters. The van der Waals surface area contributed by atoms with Gasteiger partial charge in [0.1, 0.15) is 23.1 Å². The highest BCUT2D eigenvalue weighted by Crippen LogP contribution is 2.35. The monoisotopic (exact) mass is 632 g/mol. The molecule has 0 saturated carbocycles. The summed E-state index contributed by atoms with van der Waals surface area (Å²) in [5.74, 6) is 2.36. The van der Waals surface area contributed by atoms with E-state index in [4.69, 9.17) is 19.4 Å². The topological polar surface area (TPSA) is 91.3 Å². The van der Waals surface area contributed by atoms with E-state index in [0.717, 1.165) is 48.4 Å². The number of carbonyl (C=O) groups is 2. The summed E-state index contributed by atoms with van der Waals surface area (Å²) >= 11 is 0. The third kappa shape index (κ3) is 7.28. The van der Waals surface area contributed by atoms with Crippen LogP contribution in [0.5, 0.6) is 11.5 Å². The van der Waals surface area contributed by atoms with Crippen molar-refractivity contribution in [1.29, 1.82) is 0 Å². The second-order valence-electron chi connectivity index (χ2n) is 12.0. The SMILES string of the molecule is C=CC(=O)Cc1ccc(CN2C(=O)N(c3cc(OC)cc(OC)c3)Cc3cnc(Cc4ccc(N5CCN(C)CC5)cc4)nc32)cc1. The summed E-state index contributed by atoms with van der Waals surface area (Å²) in [7, 11) is 5.32. The average Bonchev–Trinajstić information content (AvgIpc) is 3.10. The lowest BCUT2D eigenvalue weighted by Crippen LogP contribution is -2.47. The molecule has 3 heterocycles.